The Balaban J connectivity index is 1.24. The molecule has 0 spiro atoms. The van der Waals surface area contributed by atoms with E-state index in [0.717, 1.165) is 24.0 Å². The highest BCUT2D eigenvalue weighted by atomic mass is 15.4. The molecule has 6 rings (SSSR count). The van der Waals surface area contributed by atoms with Crippen LogP contribution in [0.25, 0.3) is 0 Å². The van der Waals surface area contributed by atoms with E-state index in [-0.39, 0.29) is 0 Å². The summed E-state index contributed by atoms with van der Waals surface area (Å²) in [5, 5.41) is 11.1. The molecule has 0 amide bonds. The number of aliphatic imine (C=N–C) groups is 1. The maximum Gasteiger partial charge on any atom is 0.284 e. The van der Waals surface area contributed by atoms with Crippen molar-refractivity contribution in [1.29, 1.82) is 0 Å². The molecule has 7 nitrogen and oxygen atoms in total. The predicted octanol–water partition coefficient (Wildman–Crippen LogP) is 4.03. The molecule has 1 aromatic carbocycles. The number of aromatic nitrogens is 2. The van der Waals surface area contributed by atoms with Gasteiger partial charge in [-0.15, -0.1) is 0 Å². The number of nitrogens with zero attached hydrogens (tertiary/aromatic N) is 5. The third-order valence-corrected chi connectivity index (χ3v) is 6.34. The summed E-state index contributed by atoms with van der Waals surface area (Å²) in [5.41, 5.74) is 3.72. The van der Waals surface area contributed by atoms with E-state index >= 15 is 0 Å². The fraction of sp³-hybridized carbons (Fsp3) is 0.391. The topological polar surface area (TPSA) is 65.5 Å². The smallest absolute Gasteiger partial charge is 0.284 e. The van der Waals surface area contributed by atoms with Gasteiger partial charge in [-0.25, -0.2) is 0 Å². The lowest BCUT2D eigenvalue weighted by Crippen LogP contribution is -2.45. The van der Waals surface area contributed by atoms with Crippen LogP contribution < -0.4 is 20.0 Å². The highest BCUT2D eigenvalue weighted by molar-refractivity contribution is 5.96. The quantitative estimate of drug-likeness (QED) is 0.743. The predicted molar refractivity (Wildman–Crippen MR) is 121 cm³/mol. The van der Waals surface area contributed by atoms with Crippen molar-refractivity contribution < 1.29 is 0 Å². The fourth-order valence-electron chi connectivity index (χ4n) is 4.48. The molecule has 1 aromatic heterocycles. The van der Waals surface area contributed by atoms with Gasteiger partial charge in [0.2, 0.25) is 0 Å². The van der Waals surface area contributed by atoms with E-state index in [2.05, 4.69) is 71.7 Å². The first-order valence-electron chi connectivity index (χ1n) is 11.0. The first kappa shape index (κ1) is 17.8. The van der Waals surface area contributed by atoms with Gasteiger partial charge in [-0.2, -0.15) is 10.1 Å². The Morgan fingerprint density at radius 1 is 1.03 bits per heavy atom. The lowest BCUT2D eigenvalue weighted by Gasteiger charge is -2.30. The van der Waals surface area contributed by atoms with E-state index in [0.29, 0.717) is 5.92 Å². The van der Waals surface area contributed by atoms with Crippen molar-refractivity contribution in [3.63, 3.8) is 0 Å². The van der Waals surface area contributed by atoms with E-state index in [9.17, 15) is 0 Å². The number of rotatable bonds is 5. The van der Waals surface area contributed by atoms with Crippen LogP contribution in [-0.2, 0) is 0 Å². The SMILES string of the molecule is C1=C[N+]2C(Nc3cc(C4CC4)[nH]n3)=CN(c3ccc(N4CCCCC4)cc3)CC2=N1. The largest absolute Gasteiger partial charge is 0.372 e. The van der Waals surface area contributed by atoms with Crippen LogP contribution >= 0.6 is 0 Å². The molecule has 4 aliphatic rings. The summed E-state index contributed by atoms with van der Waals surface area (Å²) in [5.74, 6) is 3.48. The monoisotopic (exact) mass is 401 g/mol. The van der Waals surface area contributed by atoms with Gasteiger partial charge in [-0.05, 0) is 61.3 Å². The highest BCUT2D eigenvalue weighted by Crippen LogP contribution is 2.39. The second kappa shape index (κ2) is 7.32. The summed E-state index contributed by atoms with van der Waals surface area (Å²) in [6, 6.07) is 11.1. The molecule has 1 saturated heterocycles. The van der Waals surface area contributed by atoms with Crippen LogP contribution in [0.2, 0.25) is 0 Å². The maximum absolute atomic E-state index is 4.56. The van der Waals surface area contributed by atoms with Gasteiger partial charge in [-0.3, -0.25) is 10.4 Å². The number of anilines is 3. The fourth-order valence-corrected chi connectivity index (χ4v) is 4.48. The molecule has 4 heterocycles. The van der Waals surface area contributed by atoms with Crippen molar-refractivity contribution in [1.82, 2.24) is 15.1 Å². The molecule has 7 heteroatoms. The zero-order valence-corrected chi connectivity index (χ0v) is 17.1. The summed E-state index contributed by atoms with van der Waals surface area (Å²) in [6.07, 6.45) is 12.5. The molecule has 0 bridgehead atoms. The minimum Gasteiger partial charge on any atom is -0.372 e. The van der Waals surface area contributed by atoms with Gasteiger partial charge in [0, 0.05) is 42.1 Å². The van der Waals surface area contributed by atoms with Crippen LogP contribution in [0, 0.1) is 0 Å². The van der Waals surface area contributed by atoms with Crippen LogP contribution in [0.1, 0.15) is 43.7 Å². The summed E-state index contributed by atoms with van der Waals surface area (Å²) < 4.78 is 0. The number of hydrogen-bond acceptors (Lipinski definition) is 6. The third kappa shape index (κ3) is 3.39. The average molecular weight is 402 g/mol. The van der Waals surface area contributed by atoms with Crippen LogP contribution in [0.3, 0.4) is 0 Å². The minimum atomic E-state index is 0.659. The van der Waals surface area contributed by atoms with Gasteiger partial charge in [-0.1, -0.05) is 0 Å². The Morgan fingerprint density at radius 3 is 2.63 bits per heavy atom. The third-order valence-electron chi connectivity index (χ3n) is 6.34. The molecule has 2 aromatic rings. The summed E-state index contributed by atoms with van der Waals surface area (Å²) in [7, 11) is 0. The van der Waals surface area contributed by atoms with Gasteiger partial charge < -0.3 is 9.80 Å². The van der Waals surface area contributed by atoms with Crippen molar-refractivity contribution in [3.05, 3.63) is 60.4 Å². The number of hydrogen-bond donors (Lipinski definition) is 2. The molecule has 2 fully saturated rings. The Morgan fingerprint density at radius 2 is 1.83 bits per heavy atom. The van der Waals surface area contributed by atoms with E-state index in [4.69, 9.17) is 0 Å². The molecular weight excluding hydrogens is 374 g/mol. The summed E-state index contributed by atoms with van der Waals surface area (Å²) in [6.45, 7) is 3.08. The maximum atomic E-state index is 4.56. The van der Waals surface area contributed by atoms with Gasteiger partial charge in [0.25, 0.3) is 11.7 Å². The second-order valence-corrected chi connectivity index (χ2v) is 8.53. The van der Waals surface area contributed by atoms with Crippen molar-refractivity contribution in [2.45, 2.75) is 38.0 Å². The summed E-state index contributed by atoms with van der Waals surface area (Å²) >= 11 is 0. The molecule has 153 valence electrons. The van der Waals surface area contributed by atoms with Gasteiger partial charge in [0.15, 0.2) is 12.0 Å². The molecule has 1 saturated carbocycles. The number of nitrogens with one attached hydrogen (secondary N) is 2. The Kier molecular flexibility index (Phi) is 4.34. The molecule has 3 aliphatic heterocycles. The van der Waals surface area contributed by atoms with Gasteiger partial charge in [0.05, 0.1) is 12.4 Å². The standard InChI is InChI=1S/C23H27N7/c1-2-11-28(12-3-1)18-6-8-19(9-7-18)29-15-22-24-10-13-30(22)23(16-29)25-21-14-20(26-27-21)17-4-5-17/h6-10,13-14,16-17H,1-5,11-12,15H2,(H2,25,26,27)/q+1. The van der Waals surface area contributed by atoms with Gasteiger partial charge >= 0.3 is 0 Å². The minimum absolute atomic E-state index is 0.659. The van der Waals surface area contributed by atoms with Crippen molar-refractivity contribution in [2.75, 3.05) is 34.8 Å². The molecule has 0 atom stereocenters. The Labute approximate surface area is 176 Å². The Hall–Kier alpha value is -3.06. The lowest BCUT2D eigenvalue weighted by molar-refractivity contribution is 0.578. The molecule has 2 N–H and O–H groups in total. The van der Waals surface area contributed by atoms with Gasteiger partial charge in [0.1, 0.15) is 6.54 Å². The first-order chi connectivity index (χ1) is 14.8. The van der Waals surface area contributed by atoms with Crippen molar-refractivity contribution in [2.24, 2.45) is 4.99 Å². The second-order valence-electron chi connectivity index (χ2n) is 8.53. The molecule has 1 radical (unpaired) electrons. The first-order valence-corrected chi connectivity index (χ1v) is 11.0. The van der Waals surface area contributed by atoms with E-state index in [1.807, 2.05) is 12.4 Å². The number of piperidine rings is 1. The number of benzene rings is 1. The van der Waals surface area contributed by atoms with E-state index in [1.54, 1.807) is 0 Å². The zero-order valence-electron chi connectivity index (χ0n) is 17.1. The highest BCUT2D eigenvalue weighted by Gasteiger charge is 2.38. The van der Waals surface area contributed by atoms with Crippen molar-refractivity contribution >= 4 is 23.0 Å². The van der Waals surface area contributed by atoms with Crippen molar-refractivity contribution in [3.8, 4) is 0 Å². The van der Waals surface area contributed by atoms with Crippen LogP contribution in [0.15, 0.2) is 59.7 Å². The number of amidine groups is 1. The average Bonchev–Trinajstić information content (AvgIpc) is 3.35. The molecule has 1 aliphatic carbocycles. The summed E-state index contributed by atoms with van der Waals surface area (Å²) in [4.78, 5) is 11.4. The van der Waals surface area contributed by atoms with Crippen LogP contribution in [-0.4, -0.2) is 35.7 Å². The number of aromatic amines is 1. The normalized spacial score (nSPS) is 21.5. The molecule has 0 unspecified atom stereocenters. The molecule has 30 heavy (non-hydrogen) atoms. The number of fused-ring (bicyclic) bond motifs is 1. The van der Waals surface area contributed by atoms with E-state index < -0.39 is 0 Å². The number of H-pyrrole nitrogens is 1. The Bertz CT molecular complexity index is 1010. The van der Waals surface area contributed by atoms with Crippen LogP contribution in [0.5, 0.6) is 0 Å². The lowest BCUT2D eigenvalue weighted by atomic mass is 10.1. The zero-order chi connectivity index (χ0) is 19.9. The van der Waals surface area contributed by atoms with Crippen LogP contribution in [0.4, 0.5) is 17.2 Å². The van der Waals surface area contributed by atoms with E-state index in [1.165, 1.54) is 62.3 Å². The molecular formula is C23H27N7+.